The molecule has 0 aliphatic rings. The molecule has 1 unspecified atom stereocenters. The zero-order chi connectivity index (χ0) is 25.7. The lowest BCUT2D eigenvalue weighted by Gasteiger charge is -2.25. The lowest BCUT2D eigenvalue weighted by molar-refractivity contribution is -0.146. The zero-order valence-corrected chi connectivity index (χ0v) is 19.9. The maximum absolute atomic E-state index is 14.1. The third-order valence-corrected chi connectivity index (χ3v) is 6.61. The van der Waals surface area contributed by atoms with Crippen LogP contribution in [0.2, 0.25) is 0 Å². The van der Waals surface area contributed by atoms with Crippen molar-refractivity contribution >= 4 is 13.7 Å². The summed E-state index contributed by atoms with van der Waals surface area (Å²) in [5.74, 6) is -14.6. The van der Waals surface area contributed by atoms with Crippen molar-refractivity contribution in [1.82, 2.24) is 5.09 Å². The highest BCUT2D eigenvalue weighted by molar-refractivity contribution is 7.52. The summed E-state index contributed by atoms with van der Waals surface area (Å²) in [7, 11) is -4.94. The maximum Gasteiger partial charge on any atom is 0.513 e. The minimum Gasteiger partial charge on any atom is -0.465 e. The number of hydrogen-bond donors (Lipinski definition) is 1. The van der Waals surface area contributed by atoms with Crippen LogP contribution >= 0.6 is 7.75 Å². The van der Waals surface area contributed by atoms with Crippen molar-refractivity contribution in [3.63, 3.8) is 0 Å². The standard InChI is InChI=1S/C22H25F5NO5P/c1-5-22(3,4)11-12-31-21(29)13(2)28-34(30,32-14-9-7-6-8-10-14)33-20-18(26)16(24)15(23)17(25)19(20)27/h6-10,13H,5,11-12H2,1-4H3,(H,28,30)/t13-,34?/m0/s1. The van der Waals surface area contributed by atoms with Crippen LogP contribution in [0.15, 0.2) is 30.3 Å². The van der Waals surface area contributed by atoms with E-state index in [0.717, 1.165) is 6.42 Å². The number of carbonyl (C=O) groups excluding carboxylic acids is 1. The molecule has 0 fully saturated rings. The number of hydrogen-bond acceptors (Lipinski definition) is 5. The predicted molar refractivity (Wildman–Crippen MR) is 114 cm³/mol. The molecule has 34 heavy (non-hydrogen) atoms. The quantitative estimate of drug-likeness (QED) is 0.126. The third-order valence-electron chi connectivity index (χ3n) is 5.04. The summed E-state index contributed by atoms with van der Waals surface area (Å²) in [5, 5.41) is 2.12. The Hall–Kier alpha value is -2.65. The molecule has 188 valence electrons. The molecule has 6 nitrogen and oxygen atoms in total. The van der Waals surface area contributed by atoms with Crippen molar-refractivity contribution in [2.45, 2.75) is 46.6 Å². The van der Waals surface area contributed by atoms with Gasteiger partial charge in [-0.2, -0.15) is 13.9 Å². The van der Waals surface area contributed by atoms with Gasteiger partial charge in [0.25, 0.3) is 0 Å². The molecule has 1 N–H and O–H groups in total. The predicted octanol–water partition coefficient (Wildman–Crippen LogP) is 6.30. The van der Waals surface area contributed by atoms with Gasteiger partial charge in [0.1, 0.15) is 11.8 Å². The molecular formula is C22H25F5NO5P. The van der Waals surface area contributed by atoms with Gasteiger partial charge < -0.3 is 13.8 Å². The second-order valence-corrected chi connectivity index (χ2v) is 9.80. The van der Waals surface area contributed by atoms with Gasteiger partial charge in [0, 0.05) is 0 Å². The summed E-state index contributed by atoms with van der Waals surface area (Å²) in [6, 6.07) is 5.70. The van der Waals surface area contributed by atoms with Gasteiger partial charge in [-0.1, -0.05) is 45.4 Å². The Morgan fingerprint density at radius 2 is 1.50 bits per heavy atom. The van der Waals surface area contributed by atoms with Crippen LogP contribution in [0.4, 0.5) is 22.0 Å². The lowest BCUT2D eigenvalue weighted by Crippen LogP contribution is -2.36. The highest BCUT2D eigenvalue weighted by Crippen LogP contribution is 2.47. The van der Waals surface area contributed by atoms with Crippen molar-refractivity contribution in [2.75, 3.05) is 6.61 Å². The fourth-order valence-corrected chi connectivity index (χ4v) is 4.02. The van der Waals surface area contributed by atoms with E-state index in [1.165, 1.54) is 31.2 Å². The molecule has 2 atom stereocenters. The summed E-state index contributed by atoms with van der Waals surface area (Å²) in [6.07, 6.45) is 1.36. The van der Waals surface area contributed by atoms with Gasteiger partial charge in [-0.3, -0.25) is 4.79 Å². The van der Waals surface area contributed by atoms with E-state index in [1.54, 1.807) is 6.07 Å². The Balaban J connectivity index is 2.30. The first-order valence-electron chi connectivity index (χ1n) is 10.3. The Kier molecular flexibility index (Phi) is 9.08. The first-order valence-corrected chi connectivity index (χ1v) is 11.8. The molecule has 0 radical (unpaired) electrons. The van der Waals surface area contributed by atoms with Crippen LogP contribution < -0.4 is 14.1 Å². The number of rotatable bonds is 11. The van der Waals surface area contributed by atoms with Crippen molar-refractivity contribution in [3.8, 4) is 11.5 Å². The molecule has 2 aromatic rings. The van der Waals surface area contributed by atoms with Crippen LogP contribution in [0.3, 0.4) is 0 Å². The normalized spacial score (nSPS) is 14.3. The van der Waals surface area contributed by atoms with E-state index in [1.807, 2.05) is 20.8 Å². The second kappa shape index (κ2) is 11.2. The molecule has 0 saturated carbocycles. The number of para-hydroxylation sites is 1. The highest BCUT2D eigenvalue weighted by Gasteiger charge is 2.38. The molecule has 0 aliphatic heterocycles. The third kappa shape index (κ3) is 6.93. The zero-order valence-electron chi connectivity index (χ0n) is 19.0. The van der Waals surface area contributed by atoms with Gasteiger partial charge in [-0.15, -0.1) is 0 Å². The average molecular weight is 509 g/mol. The summed E-state index contributed by atoms with van der Waals surface area (Å²) in [4.78, 5) is 12.4. The molecule has 0 aromatic heterocycles. The van der Waals surface area contributed by atoms with Gasteiger partial charge in [0.05, 0.1) is 6.61 Å². The maximum atomic E-state index is 14.1. The Bertz CT molecular complexity index is 1040. The van der Waals surface area contributed by atoms with E-state index in [9.17, 15) is 31.3 Å². The van der Waals surface area contributed by atoms with Crippen LogP contribution in [-0.2, 0) is 14.1 Å². The number of esters is 1. The molecule has 0 aliphatic carbocycles. The van der Waals surface area contributed by atoms with Crippen LogP contribution in [0.1, 0.15) is 40.5 Å². The van der Waals surface area contributed by atoms with Crippen LogP contribution in [0, 0.1) is 34.5 Å². The largest absolute Gasteiger partial charge is 0.513 e. The Labute approximate surface area is 194 Å². The molecule has 0 bridgehead atoms. The van der Waals surface area contributed by atoms with Gasteiger partial charge in [0.2, 0.25) is 34.8 Å². The number of carbonyl (C=O) groups is 1. The van der Waals surface area contributed by atoms with E-state index >= 15 is 0 Å². The fourth-order valence-electron chi connectivity index (χ4n) is 2.50. The van der Waals surface area contributed by atoms with Gasteiger partial charge in [0.15, 0.2) is 0 Å². The highest BCUT2D eigenvalue weighted by atomic mass is 31.2. The van der Waals surface area contributed by atoms with E-state index in [4.69, 9.17) is 13.8 Å². The SMILES string of the molecule is CCC(C)(C)CCOC(=O)[C@H](C)NP(=O)(Oc1ccccc1)Oc1c(F)c(F)c(F)c(F)c1F. The number of nitrogens with one attached hydrogen (secondary N) is 1. The first kappa shape index (κ1) is 27.6. The summed E-state index contributed by atoms with van der Waals surface area (Å²) in [6.45, 7) is 7.16. The van der Waals surface area contributed by atoms with Crippen molar-refractivity contribution in [3.05, 3.63) is 59.4 Å². The van der Waals surface area contributed by atoms with E-state index < -0.39 is 54.6 Å². The van der Waals surface area contributed by atoms with Crippen molar-refractivity contribution < 1.29 is 45.1 Å². The number of benzene rings is 2. The van der Waals surface area contributed by atoms with Crippen LogP contribution in [-0.4, -0.2) is 18.6 Å². The monoisotopic (exact) mass is 509 g/mol. The Morgan fingerprint density at radius 1 is 0.971 bits per heavy atom. The summed E-state index contributed by atoms with van der Waals surface area (Å²) < 4.78 is 97.1. The molecular weight excluding hydrogens is 484 g/mol. The number of ether oxygens (including phenoxy) is 1. The van der Waals surface area contributed by atoms with Crippen molar-refractivity contribution in [1.29, 1.82) is 0 Å². The summed E-state index contributed by atoms with van der Waals surface area (Å²) in [5.41, 5.74) is -0.0996. The molecule has 0 amide bonds. The lowest BCUT2D eigenvalue weighted by atomic mass is 9.87. The van der Waals surface area contributed by atoms with Gasteiger partial charge in [-0.25, -0.2) is 17.7 Å². The topological polar surface area (TPSA) is 73.9 Å². The molecule has 0 saturated heterocycles. The van der Waals surface area contributed by atoms with E-state index in [0.29, 0.717) is 6.42 Å². The molecule has 12 heteroatoms. The fraction of sp³-hybridized carbons (Fsp3) is 0.409. The number of halogens is 5. The average Bonchev–Trinajstić information content (AvgIpc) is 2.79. The minimum absolute atomic E-state index is 0.0357. The molecule has 2 rings (SSSR count). The first-order chi connectivity index (χ1) is 15.8. The van der Waals surface area contributed by atoms with E-state index in [-0.39, 0.29) is 17.8 Å². The molecule has 0 heterocycles. The van der Waals surface area contributed by atoms with Gasteiger partial charge >= 0.3 is 13.7 Å². The summed E-state index contributed by atoms with van der Waals surface area (Å²) >= 11 is 0. The van der Waals surface area contributed by atoms with Crippen LogP contribution in [0.5, 0.6) is 11.5 Å². The van der Waals surface area contributed by atoms with Crippen LogP contribution in [0.25, 0.3) is 0 Å². The smallest absolute Gasteiger partial charge is 0.465 e. The van der Waals surface area contributed by atoms with E-state index in [2.05, 4.69) is 5.09 Å². The van der Waals surface area contributed by atoms with Crippen molar-refractivity contribution in [2.24, 2.45) is 5.41 Å². The second-order valence-electron chi connectivity index (χ2n) is 8.18. The Morgan fingerprint density at radius 3 is 2.03 bits per heavy atom. The molecule has 0 spiro atoms. The molecule has 2 aromatic carbocycles. The van der Waals surface area contributed by atoms with Gasteiger partial charge in [-0.05, 0) is 30.9 Å². The minimum atomic E-state index is -4.94.